The molecule has 0 fully saturated rings. The van der Waals surface area contributed by atoms with Crippen LogP contribution in [-0.2, 0) is 0 Å². The first-order valence-electron chi connectivity index (χ1n) is 7.25. The first kappa shape index (κ1) is 17.3. The van der Waals surface area contributed by atoms with Gasteiger partial charge in [0.2, 0.25) is 0 Å². The number of amides is 2. The number of carbonyl (C=O) groups excluding carboxylic acids is 1. The quantitative estimate of drug-likeness (QED) is 0.875. The molecule has 2 amide bonds. The Labute approximate surface area is 140 Å². The number of ether oxygens (including phenoxy) is 2. The van der Waals surface area contributed by atoms with Crippen LogP contribution in [0.5, 0.6) is 11.8 Å². The van der Waals surface area contributed by atoms with Crippen molar-refractivity contribution in [2.24, 2.45) is 0 Å². The van der Waals surface area contributed by atoms with Crippen LogP contribution in [0.3, 0.4) is 0 Å². The lowest BCUT2D eigenvalue weighted by atomic mass is 10.2. The highest BCUT2D eigenvalue weighted by Crippen LogP contribution is 2.24. The maximum absolute atomic E-state index is 12.3. The average molecular weight is 331 g/mol. The third kappa shape index (κ3) is 4.03. The predicted molar refractivity (Wildman–Crippen MR) is 93.3 cm³/mol. The van der Waals surface area contributed by atoms with Gasteiger partial charge in [-0.2, -0.15) is 4.98 Å². The fourth-order valence-corrected chi connectivity index (χ4v) is 2.06. The number of nitrogens with one attached hydrogen (secondary N) is 2. The summed E-state index contributed by atoms with van der Waals surface area (Å²) in [7, 11) is 6.72. The Balaban J connectivity index is 2.15. The van der Waals surface area contributed by atoms with E-state index in [0.29, 0.717) is 17.2 Å². The summed E-state index contributed by atoms with van der Waals surface area (Å²) in [5.41, 5.74) is 2.06. The lowest BCUT2D eigenvalue weighted by Gasteiger charge is -2.17. The molecule has 24 heavy (non-hydrogen) atoms. The van der Waals surface area contributed by atoms with Gasteiger partial charge in [0.05, 0.1) is 20.4 Å². The van der Waals surface area contributed by atoms with Gasteiger partial charge in [0, 0.05) is 19.8 Å². The maximum atomic E-state index is 12.3. The Morgan fingerprint density at radius 3 is 2.42 bits per heavy atom. The Morgan fingerprint density at radius 1 is 1.12 bits per heavy atom. The number of rotatable bonds is 5. The molecule has 0 bridgehead atoms. The van der Waals surface area contributed by atoms with Crippen molar-refractivity contribution < 1.29 is 14.3 Å². The van der Waals surface area contributed by atoms with E-state index >= 15 is 0 Å². The second kappa shape index (κ2) is 7.49. The van der Waals surface area contributed by atoms with Crippen LogP contribution >= 0.6 is 0 Å². The van der Waals surface area contributed by atoms with Crippen molar-refractivity contribution in [1.29, 1.82) is 0 Å². The molecule has 0 aliphatic carbocycles. The largest absolute Gasteiger partial charge is 0.497 e. The summed E-state index contributed by atoms with van der Waals surface area (Å²) in [6.45, 7) is 1.89. The minimum Gasteiger partial charge on any atom is -0.497 e. The van der Waals surface area contributed by atoms with Crippen LogP contribution in [0.4, 0.5) is 22.0 Å². The van der Waals surface area contributed by atoms with E-state index in [2.05, 4.69) is 20.6 Å². The maximum Gasteiger partial charge on any atom is 0.323 e. The van der Waals surface area contributed by atoms with Gasteiger partial charge in [-0.1, -0.05) is 0 Å². The second-order valence-corrected chi connectivity index (χ2v) is 5.25. The molecule has 128 valence electrons. The zero-order valence-electron chi connectivity index (χ0n) is 14.4. The number of aromatic nitrogens is 2. The smallest absolute Gasteiger partial charge is 0.323 e. The van der Waals surface area contributed by atoms with Crippen molar-refractivity contribution in [3.8, 4) is 11.8 Å². The monoisotopic (exact) mass is 331 g/mol. The first-order valence-corrected chi connectivity index (χ1v) is 7.25. The summed E-state index contributed by atoms with van der Waals surface area (Å²) in [6.07, 6.45) is 1.50. The van der Waals surface area contributed by atoms with Gasteiger partial charge in [0.15, 0.2) is 5.82 Å². The lowest BCUT2D eigenvalue weighted by molar-refractivity contribution is 0.262. The van der Waals surface area contributed by atoms with Crippen molar-refractivity contribution in [2.45, 2.75) is 6.92 Å². The highest BCUT2D eigenvalue weighted by molar-refractivity contribution is 6.01. The third-order valence-electron chi connectivity index (χ3n) is 3.28. The summed E-state index contributed by atoms with van der Waals surface area (Å²) in [4.78, 5) is 22.3. The number of hydrogen-bond donors (Lipinski definition) is 2. The normalized spacial score (nSPS) is 10.0. The van der Waals surface area contributed by atoms with Crippen LogP contribution in [-0.4, -0.2) is 44.3 Å². The number of hydrogen-bond acceptors (Lipinski definition) is 6. The molecule has 8 nitrogen and oxygen atoms in total. The van der Waals surface area contributed by atoms with Crippen LogP contribution in [0, 0.1) is 6.92 Å². The van der Waals surface area contributed by atoms with E-state index in [-0.39, 0.29) is 12.0 Å². The second-order valence-electron chi connectivity index (χ2n) is 5.25. The molecule has 0 radical (unpaired) electrons. The van der Waals surface area contributed by atoms with Gasteiger partial charge in [-0.15, -0.1) is 0 Å². The number of nitrogens with zero attached hydrogens (tertiary/aromatic N) is 3. The molecular weight excluding hydrogens is 310 g/mol. The summed E-state index contributed by atoms with van der Waals surface area (Å²) in [6, 6.07) is 5.25. The number of urea groups is 1. The van der Waals surface area contributed by atoms with Crippen LogP contribution in [0.1, 0.15) is 5.56 Å². The molecular formula is C16H21N5O3. The van der Waals surface area contributed by atoms with Gasteiger partial charge >= 0.3 is 12.0 Å². The van der Waals surface area contributed by atoms with Crippen LogP contribution < -0.4 is 25.0 Å². The fraction of sp³-hybridized carbons (Fsp3) is 0.312. The SMILES string of the molecule is COc1ccc(NC(=O)Nc2cnc(OC)nc2N(C)C)c(C)c1. The molecule has 1 aromatic carbocycles. The Hall–Kier alpha value is -3.03. The van der Waals surface area contributed by atoms with Gasteiger partial charge < -0.3 is 25.0 Å². The van der Waals surface area contributed by atoms with E-state index < -0.39 is 0 Å². The van der Waals surface area contributed by atoms with Crippen molar-refractivity contribution >= 4 is 23.2 Å². The molecule has 1 heterocycles. The van der Waals surface area contributed by atoms with Crippen molar-refractivity contribution in [1.82, 2.24) is 9.97 Å². The van der Waals surface area contributed by atoms with Gasteiger partial charge in [-0.25, -0.2) is 9.78 Å². The summed E-state index contributed by atoms with van der Waals surface area (Å²) in [5, 5.41) is 5.54. The predicted octanol–water partition coefficient (Wildman–Crippen LogP) is 2.51. The standard InChI is InChI=1S/C16H21N5O3/c1-10-8-11(23-4)6-7-12(10)18-15(22)19-13-9-17-16(24-5)20-14(13)21(2)3/h6-9H,1-5H3,(H2,18,19,22). The molecule has 0 saturated heterocycles. The minimum atomic E-state index is -0.389. The van der Waals surface area contributed by atoms with Crippen LogP contribution in [0.25, 0.3) is 0 Å². The van der Waals surface area contributed by atoms with Gasteiger partial charge in [-0.05, 0) is 30.7 Å². The van der Waals surface area contributed by atoms with Crippen molar-refractivity contribution in [2.75, 3.05) is 43.8 Å². The van der Waals surface area contributed by atoms with E-state index in [1.165, 1.54) is 13.3 Å². The molecule has 0 aliphatic heterocycles. The summed E-state index contributed by atoms with van der Waals surface area (Å²) >= 11 is 0. The molecule has 0 unspecified atom stereocenters. The van der Waals surface area contributed by atoms with Crippen molar-refractivity contribution in [3.63, 3.8) is 0 Å². The number of aryl methyl sites for hydroxylation is 1. The van der Waals surface area contributed by atoms with Gasteiger partial charge in [0.25, 0.3) is 0 Å². The Morgan fingerprint density at radius 2 is 1.83 bits per heavy atom. The lowest BCUT2D eigenvalue weighted by Crippen LogP contribution is -2.23. The van der Waals surface area contributed by atoms with E-state index in [1.54, 1.807) is 24.1 Å². The van der Waals surface area contributed by atoms with E-state index in [4.69, 9.17) is 9.47 Å². The molecule has 2 N–H and O–H groups in total. The van der Waals surface area contributed by atoms with E-state index in [0.717, 1.165) is 11.3 Å². The van der Waals surface area contributed by atoms with Gasteiger partial charge in [-0.3, -0.25) is 0 Å². The number of benzene rings is 1. The first-order chi connectivity index (χ1) is 11.4. The highest BCUT2D eigenvalue weighted by Gasteiger charge is 2.13. The zero-order valence-corrected chi connectivity index (χ0v) is 14.4. The Kier molecular flexibility index (Phi) is 5.41. The number of carbonyl (C=O) groups is 1. The average Bonchev–Trinajstić information content (AvgIpc) is 2.56. The topological polar surface area (TPSA) is 88.6 Å². The molecule has 0 aliphatic rings. The van der Waals surface area contributed by atoms with Crippen LogP contribution in [0.15, 0.2) is 24.4 Å². The van der Waals surface area contributed by atoms with E-state index in [1.807, 2.05) is 27.1 Å². The third-order valence-corrected chi connectivity index (χ3v) is 3.28. The van der Waals surface area contributed by atoms with E-state index in [9.17, 15) is 4.79 Å². The minimum absolute atomic E-state index is 0.232. The molecule has 8 heteroatoms. The molecule has 1 aromatic heterocycles. The highest BCUT2D eigenvalue weighted by atomic mass is 16.5. The number of anilines is 3. The summed E-state index contributed by atoms with van der Waals surface area (Å²) in [5.74, 6) is 1.28. The van der Waals surface area contributed by atoms with Gasteiger partial charge in [0.1, 0.15) is 11.4 Å². The Bertz CT molecular complexity index is 734. The van der Waals surface area contributed by atoms with Crippen molar-refractivity contribution in [3.05, 3.63) is 30.0 Å². The summed E-state index contributed by atoms with van der Waals surface area (Å²) < 4.78 is 10.2. The molecule has 2 aromatic rings. The molecule has 0 saturated carbocycles. The zero-order chi connectivity index (χ0) is 17.7. The van der Waals surface area contributed by atoms with Crippen LogP contribution in [0.2, 0.25) is 0 Å². The molecule has 2 rings (SSSR count). The molecule has 0 atom stereocenters. The number of methoxy groups -OCH3 is 2. The fourth-order valence-electron chi connectivity index (χ4n) is 2.06. The molecule has 0 spiro atoms.